The summed E-state index contributed by atoms with van der Waals surface area (Å²) in [5.74, 6) is 0.887. The van der Waals surface area contributed by atoms with Gasteiger partial charge in [-0.2, -0.15) is 0 Å². The minimum atomic E-state index is -1.14. The quantitative estimate of drug-likeness (QED) is 0.757. The fourth-order valence-electron chi connectivity index (χ4n) is 3.95. The highest BCUT2D eigenvalue weighted by molar-refractivity contribution is 6.08. The molecule has 152 valence electrons. The number of carbonyl (C=O) groups is 2. The van der Waals surface area contributed by atoms with Crippen LogP contribution < -0.4 is 14.8 Å². The number of imide groups is 1. The Balaban J connectivity index is 1.46. The van der Waals surface area contributed by atoms with Crippen LogP contribution >= 0.6 is 0 Å². The SMILES string of the molecule is Cc1ccc(OCC(O)CN2C(=O)NC3(CCOc4ccccc43)C2=O)c(C)c1. The first-order valence-electron chi connectivity index (χ1n) is 9.65. The molecule has 0 bridgehead atoms. The second kappa shape index (κ2) is 7.40. The lowest BCUT2D eigenvalue weighted by Crippen LogP contribution is -2.48. The molecule has 0 radical (unpaired) electrons. The summed E-state index contributed by atoms with van der Waals surface area (Å²) in [6, 6.07) is 12.5. The van der Waals surface area contributed by atoms with Gasteiger partial charge >= 0.3 is 6.03 Å². The average molecular weight is 396 g/mol. The smallest absolute Gasteiger partial charge is 0.325 e. The predicted octanol–water partition coefficient (Wildman–Crippen LogP) is 2.27. The van der Waals surface area contributed by atoms with Crippen LogP contribution in [0, 0.1) is 13.8 Å². The second-order valence-corrected chi connectivity index (χ2v) is 7.58. The topological polar surface area (TPSA) is 88.1 Å². The van der Waals surface area contributed by atoms with E-state index in [2.05, 4.69) is 5.32 Å². The zero-order chi connectivity index (χ0) is 20.6. The van der Waals surface area contributed by atoms with E-state index in [0.29, 0.717) is 30.1 Å². The Kier molecular flexibility index (Phi) is 4.92. The maximum absolute atomic E-state index is 13.2. The Morgan fingerprint density at radius 3 is 2.83 bits per heavy atom. The summed E-state index contributed by atoms with van der Waals surface area (Å²) in [5, 5.41) is 13.2. The number of nitrogens with zero attached hydrogens (tertiary/aromatic N) is 1. The Morgan fingerprint density at radius 2 is 2.03 bits per heavy atom. The van der Waals surface area contributed by atoms with E-state index in [1.54, 1.807) is 12.1 Å². The van der Waals surface area contributed by atoms with Crippen LogP contribution in [0.4, 0.5) is 4.79 Å². The van der Waals surface area contributed by atoms with Crippen LogP contribution in [-0.2, 0) is 10.3 Å². The molecule has 4 rings (SSSR count). The minimum Gasteiger partial charge on any atom is -0.493 e. The van der Waals surface area contributed by atoms with Crippen molar-refractivity contribution in [3.8, 4) is 11.5 Å². The summed E-state index contributed by atoms with van der Waals surface area (Å²) in [4.78, 5) is 26.8. The number of aryl methyl sites for hydroxylation is 2. The third kappa shape index (κ3) is 3.42. The van der Waals surface area contributed by atoms with Crippen LogP contribution in [0.15, 0.2) is 42.5 Å². The number of benzene rings is 2. The zero-order valence-electron chi connectivity index (χ0n) is 16.5. The van der Waals surface area contributed by atoms with E-state index < -0.39 is 17.7 Å². The van der Waals surface area contributed by atoms with Crippen molar-refractivity contribution < 1.29 is 24.2 Å². The molecule has 29 heavy (non-hydrogen) atoms. The highest BCUT2D eigenvalue weighted by atomic mass is 16.5. The number of hydrogen-bond acceptors (Lipinski definition) is 5. The monoisotopic (exact) mass is 396 g/mol. The first kappa shape index (κ1) is 19.3. The summed E-state index contributed by atoms with van der Waals surface area (Å²) >= 11 is 0. The number of aliphatic hydroxyl groups excluding tert-OH is 1. The predicted molar refractivity (Wildman–Crippen MR) is 106 cm³/mol. The van der Waals surface area contributed by atoms with E-state index in [9.17, 15) is 14.7 Å². The molecular formula is C22H24N2O5. The molecular weight excluding hydrogens is 372 g/mol. The van der Waals surface area contributed by atoms with Crippen LogP contribution in [0.5, 0.6) is 11.5 Å². The van der Waals surface area contributed by atoms with Crippen LogP contribution in [-0.4, -0.2) is 47.8 Å². The molecule has 2 N–H and O–H groups in total. The van der Waals surface area contributed by atoms with Crippen molar-refractivity contribution in [2.75, 3.05) is 19.8 Å². The molecule has 2 aliphatic rings. The molecule has 1 spiro atoms. The normalized spacial score (nSPS) is 21.6. The van der Waals surface area contributed by atoms with E-state index in [1.807, 2.05) is 44.2 Å². The molecule has 2 atom stereocenters. The molecule has 3 amide bonds. The van der Waals surface area contributed by atoms with Crippen molar-refractivity contribution in [2.24, 2.45) is 0 Å². The van der Waals surface area contributed by atoms with E-state index in [4.69, 9.17) is 9.47 Å². The van der Waals surface area contributed by atoms with Crippen molar-refractivity contribution in [2.45, 2.75) is 31.9 Å². The van der Waals surface area contributed by atoms with Gasteiger partial charge in [0.15, 0.2) is 5.54 Å². The van der Waals surface area contributed by atoms with Gasteiger partial charge in [-0.15, -0.1) is 0 Å². The van der Waals surface area contributed by atoms with Gasteiger partial charge in [0, 0.05) is 12.0 Å². The number of carbonyl (C=O) groups excluding carboxylic acids is 2. The number of para-hydroxylation sites is 1. The second-order valence-electron chi connectivity index (χ2n) is 7.58. The Morgan fingerprint density at radius 1 is 1.24 bits per heavy atom. The van der Waals surface area contributed by atoms with Crippen molar-refractivity contribution >= 4 is 11.9 Å². The zero-order valence-corrected chi connectivity index (χ0v) is 16.5. The molecule has 2 heterocycles. The van der Waals surface area contributed by atoms with E-state index in [-0.39, 0.29) is 19.1 Å². The van der Waals surface area contributed by atoms with Gasteiger partial charge in [-0.25, -0.2) is 4.79 Å². The largest absolute Gasteiger partial charge is 0.493 e. The van der Waals surface area contributed by atoms with Gasteiger partial charge < -0.3 is 19.9 Å². The lowest BCUT2D eigenvalue weighted by molar-refractivity contribution is -0.133. The number of amides is 3. The average Bonchev–Trinajstić information content (AvgIpc) is 2.92. The highest BCUT2D eigenvalue weighted by Crippen LogP contribution is 2.40. The molecule has 7 heteroatoms. The van der Waals surface area contributed by atoms with Gasteiger partial charge in [0.1, 0.15) is 24.2 Å². The maximum atomic E-state index is 13.2. The summed E-state index contributed by atoms with van der Waals surface area (Å²) in [5.41, 5.74) is 1.59. The summed E-state index contributed by atoms with van der Waals surface area (Å²) in [7, 11) is 0. The van der Waals surface area contributed by atoms with Crippen LogP contribution in [0.25, 0.3) is 0 Å². The van der Waals surface area contributed by atoms with Crippen LogP contribution in [0.3, 0.4) is 0 Å². The van der Waals surface area contributed by atoms with E-state index >= 15 is 0 Å². The van der Waals surface area contributed by atoms with E-state index in [0.717, 1.165) is 16.0 Å². The number of ether oxygens (including phenoxy) is 2. The van der Waals surface area contributed by atoms with Crippen molar-refractivity contribution in [1.29, 1.82) is 0 Å². The lowest BCUT2D eigenvalue weighted by Gasteiger charge is -2.33. The first-order valence-corrected chi connectivity index (χ1v) is 9.65. The van der Waals surface area contributed by atoms with Gasteiger partial charge in [0.25, 0.3) is 5.91 Å². The standard InChI is InChI=1S/C22H24N2O5/c1-14-7-8-18(15(2)11-14)29-13-16(25)12-24-20(26)22(23-21(24)27)9-10-28-19-6-4-3-5-17(19)22/h3-8,11,16,25H,9-10,12-13H2,1-2H3,(H,23,27). The van der Waals surface area contributed by atoms with Gasteiger partial charge in [-0.05, 0) is 31.5 Å². The molecule has 0 aliphatic carbocycles. The van der Waals surface area contributed by atoms with Gasteiger partial charge in [0.05, 0.1) is 13.2 Å². The Hall–Kier alpha value is -3.06. The number of hydrogen-bond donors (Lipinski definition) is 2. The number of fused-ring (bicyclic) bond motifs is 2. The van der Waals surface area contributed by atoms with Gasteiger partial charge in [-0.3, -0.25) is 9.69 Å². The third-order valence-electron chi connectivity index (χ3n) is 5.41. The molecule has 1 fully saturated rings. The summed E-state index contributed by atoms with van der Waals surface area (Å²) < 4.78 is 11.3. The minimum absolute atomic E-state index is 0.0202. The number of nitrogens with one attached hydrogen (secondary N) is 1. The summed E-state index contributed by atoms with van der Waals surface area (Å²) in [6.07, 6.45) is -0.657. The number of β-amino-alcohol motifs (C(OH)–C–C–N with tert-alkyl or cyclic N) is 1. The fourth-order valence-corrected chi connectivity index (χ4v) is 3.95. The Labute approximate surface area is 169 Å². The lowest BCUT2D eigenvalue weighted by atomic mass is 9.84. The fraction of sp³-hybridized carbons (Fsp3) is 0.364. The Bertz CT molecular complexity index is 960. The highest BCUT2D eigenvalue weighted by Gasteiger charge is 2.55. The molecule has 2 aromatic carbocycles. The van der Waals surface area contributed by atoms with Gasteiger partial charge in [0.2, 0.25) is 0 Å². The van der Waals surface area contributed by atoms with Crippen molar-refractivity contribution in [3.63, 3.8) is 0 Å². The molecule has 0 saturated carbocycles. The molecule has 7 nitrogen and oxygen atoms in total. The molecule has 0 aromatic heterocycles. The molecule has 2 unspecified atom stereocenters. The molecule has 2 aliphatic heterocycles. The van der Waals surface area contributed by atoms with Crippen LogP contribution in [0.1, 0.15) is 23.1 Å². The number of urea groups is 1. The third-order valence-corrected chi connectivity index (χ3v) is 5.41. The summed E-state index contributed by atoms with van der Waals surface area (Å²) in [6.45, 7) is 4.09. The van der Waals surface area contributed by atoms with Gasteiger partial charge in [-0.1, -0.05) is 35.9 Å². The number of rotatable bonds is 5. The van der Waals surface area contributed by atoms with Crippen molar-refractivity contribution in [1.82, 2.24) is 10.2 Å². The molecule has 1 saturated heterocycles. The van der Waals surface area contributed by atoms with Crippen molar-refractivity contribution in [3.05, 3.63) is 59.2 Å². The first-order chi connectivity index (χ1) is 13.9. The molecule has 2 aromatic rings. The number of aliphatic hydroxyl groups is 1. The maximum Gasteiger partial charge on any atom is 0.325 e. The van der Waals surface area contributed by atoms with Crippen LogP contribution in [0.2, 0.25) is 0 Å². The van der Waals surface area contributed by atoms with E-state index in [1.165, 1.54) is 0 Å².